The average molecular weight is 439 g/mol. The Balaban J connectivity index is 1.59. The van der Waals surface area contributed by atoms with Crippen molar-refractivity contribution < 1.29 is 13.2 Å². The van der Waals surface area contributed by atoms with E-state index in [4.69, 9.17) is 0 Å². The molecule has 1 amide bonds. The van der Waals surface area contributed by atoms with Crippen molar-refractivity contribution in [3.63, 3.8) is 0 Å². The lowest BCUT2D eigenvalue weighted by molar-refractivity contribution is -0.133. The molecule has 0 saturated heterocycles. The first-order valence-corrected chi connectivity index (χ1v) is 12.5. The number of fused-ring (bicyclic) bond motifs is 1. The molecule has 0 bridgehead atoms. The minimum absolute atomic E-state index is 0.134. The maximum atomic E-state index is 13.1. The first kappa shape index (κ1) is 18.8. The molecule has 4 heterocycles. The number of sulfonamides is 1. The van der Waals surface area contributed by atoms with Crippen LogP contribution >= 0.6 is 34.0 Å². The van der Waals surface area contributed by atoms with E-state index in [-0.39, 0.29) is 22.7 Å². The summed E-state index contributed by atoms with van der Waals surface area (Å²) >= 11 is 4.50. The second-order valence-corrected chi connectivity index (χ2v) is 11.4. The van der Waals surface area contributed by atoms with Gasteiger partial charge in [-0.25, -0.2) is 8.42 Å². The zero-order chi connectivity index (χ0) is 19.0. The number of carbonyl (C=O) groups excluding carboxylic acids is 1. The third-order valence-electron chi connectivity index (χ3n) is 4.62. The summed E-state index contributed by atoms with van der Waals surface area (Å²) in [5.74, 6) is -0.173. The first-order chi connectivity index (χ1) is 13.0. The fourth-order valence-electron chi connectivity index (χ4n) is 3.27. The molecule has 0 aromatic carbocycles. The molecule has 0 aliphatic carbocycles. The number of nitrogens with zero attached hydrogens (tertiary/aromatic N) is 2. The Labute approximate surface area is 170 Å². The molecule has 142 valence electrons. The normalized spacial score (nSPS) is 17.3. The van der Waals surface area contributed by atoms with E-state index < -0.39 is 10.0 Å². The third kappa shape index (κ3) is 3.50. The van der Waals surface area contributed by atoms with Gasteiger partial charge in [-0.05, 0) is 46.3 Å². The summed E-state index contributed by atoms with van der Waals surface area (Å²) in [6, 6.07) is 9.23. The first-order valence-electron chi connectivity index (χ1n) is 8.37. The smallest absolute Gasteiger partial charge is 0.252 e. The van der Waals surface area contributed by atoms with Gasteiger partial charge in [0.15, 0.2) is 0 Å². The zero-order valence-electron chi connectivity index (χ0n) is 14.6. The summed E-state index contributed by atoms with van der Waals surface area (Å²) in [6.07, 6.45) is 0.808. The highest BCUT2D eigenvalue weighted by Crippen LogP contribution is 2.39. The fraction of sp³-hybridized carbons (Fsp3) is 0.278. The van der Waals surface area contributed by atoms with Crippen LogP contribution in [0.4, 0.5) is 0 Å². The lowest BCUT2D eigenvalue weighted by Crippen LogP contribution is -2.45. The van der Waals surface area contributed by atoms with Crippen molar-refractivity contribution in [1.29, 1.82) is 0 Å². The van der Waals surface area contributed by atoms with Gasteiger partial charge < -0.3 is 4.90 Å². The molecule has 3 aromatic rings. The van der Waals surface area contributed by atoms with Gasteiger partial charge in [-0.1, -0.05) is 12.1 Å². The van der Waals surface area contributed by atoms with E-state index in [1.807, 2.05) is 22.4 Å². The Morgan fingerprint density at radius 3 is 2.63 bits per heavy atom. The number of hydrogen-bond donors (Lipinski definition) is 0. The lowest BCUT2D eigenvalue weighted by Gasteiger charge is -2.36. The minimum Gasteiger partial charge on any atom is -0.329 e. The van der Waals surface area contributed by atoms with E-state index in [2.05, 4.69) is 11.4 Å². The predicted molar refractivity (Wildman–Crippen MR) is 110 cm³/mol. The van der Waals surface area contributed by atoms with Crippen LogP contribution in [0.3, 0.4) is 0 Å². The van der Waals surface area contributed by atoms with Crippen LogP contribution in [0.5, 0.6) is 0 Å². The van der Waals surface area contributed by atoms with Crippen molar-refractivity contribution in [2.45, 2.75) is 16.7 Å². The second-order valence-electron chi connectivity index (χ2n) is 6.25. The van der Waals surface area contributed by atoms with Gasteiger partial charge in [0.05, 0.1) is 12.6 Å². The van der Waals surface area contributed by atoms with Gasteiger partial charge in [0.2, 0.25) is 5.91 Å². The van der Waals surface area contributed by atoms with Gasteiger partial charge >= 0.3 is 0 Å². The van der Waals surface area contributed by atoms with E-state index in [0.29, 0.717) is 6.54 Å². The topological polar surface area (TPSA) is 57.7 Å². The molecule has 0 radical (unpaired) electrons. The molecule has 1 aliphatic rings. The van der Waals surface area contributed by atoms with Gasteiger partial charge in [0, 0.05) is 23.3 Å². The summed E-state index contributed by atoms with van der Waals surface area (Å²) < 4.78 is 26.7. The molecule has 0 saturated carbocycles. The van der Waals surface area contributed by atoms with Gasteiger partial charge in [0.1, 0.15) is 4.21 Å². The molecule has 4 rings (SSSR count). The van der Waals surface area contributed by atoms with E-state index in [1.54, 1.807) is 40.2 Å². The summed E-state index contributed by atoms with van der Waals surface area (Å²) in [4.78, 5) is 17.3. The molecule has 3 aromatic heterocycles. The average Bonchev–Trinajstić information content (AvgIpc) is 3.42. The van der Waals surface area contributed by atoms with Crippen LogP contribution in [0.15, 0.2) is 50.7 Å². The van der Waals surface area contributed by atoms with Gasteiger partial charge in [0.25, 0.3) is 10.0 Å². The summed E-state index contributed by atoms with van der Waals surface area (Å²) in [5.41, 5.74) is 1.16. The van der Waals surface area contributed by atoms with Crippen LogP contribution < -0.4 is 0 Å². The van der Waals surface area contributed by atoms with Gasteiger partial charge in [-0.15, -0.1) is 34.0 Å². The predicted octanol–water partition coefficient (Wildman–Crippen LogP) is 3.67. The zero-order valence-corrected chi connectivity index (χ0v) is 17.8. The van der Waals surface area contributed by atoms with Crippen LogP contribution in [0.25, 0.3) is 0 Å². The molecule has 5 nitrogen and oxygen atoms in total. The van der Waals surface area contributed by atoms with Crippen LogP contribution in [-0.4, -0.2) is 43.7 Å². The molecule has 0 fully saturated rings. The van der Waals surface area contributed by atoms with Gasteiger partial charge in [-0.2, -0.15) is 4.31 Å². The minimum atomic E-state index is -3.64. The van der Waals surface area contributed by atoms with Crippen molar-refractivity contribution in [1.82, 2.24) is 9.21 Å². The summed E-state index contributed by atoms with van der Waals surface area (Å²) in [6.45, 7) is 0.434. The third-order valence-corrected chi connectivity index (χ3v) is 9.71. The highest BCUT2D eigenvalue weighted by Gasteiger charge is 2.35. The SMILES string of the molecule is CN(CC(=O)N1CCc2sccc2C1c1cccs1)S(=O)(=O)c1cccs1. The standard InChI is InChI=1S/C18H18N2O3S4/c1-19(27(22,23)17-5-3-10-26-17)12-16(21)20-8-6-14-13(7-11-25-14)18(20)15-4-2-9-24-15/h2-5,7,9-11,18H,6,8,12H2,1H3. The molecule has 27 heavy (non-hydrogen) atoms. The number of rotatable bonds is 5. The highest BCUT2D eigenvalue weighted by atomic mass is 32.2. The quantitative estimate of drug-likeness (QED) is 0.611. The van der Waals surface area contributed by atoms with Gasteiger partial charge in [-0.3, -0.25) is 4.79 Å². The van der Waals surface area contributed by atoms with Crippen LogP contribution in [0.2, 0.25) is 0 Å². The van der Waals surface area contributed by atoms with Crippen molar-refractivity contribution in [2.24, 2.45) is 0 Å². The molecule has 1 aliphatic heterocycles. The van der Waals surface area contributed by atoms with Crippen LogP contribution in [0, 0.1) is 0 Å². The second kappa shape index (κ2) is 7.48. The Morgan fingerprint density at radius 2 is 1.93 bits per heavy atom. The van der Waals surface area contributed by atoms with Crippen molar-refractivity contribution in [3.05, 3.63) is 61.8 Å². The Morgan fingerprint density at radius 1 is 1.15 bits per heavy atom. The molecule has 1 unspecified atom stereocenters. The molecule has 0 N–H and O–H groups in total. The number of amides is 1. The molecular formula is C18H18N2O3S4. The Kier molecular flexibility index (Phi) is 5.21. The van der Waals surface area contributed by atoms with E-state index in [0.717, 1.165) is 32.5 Å². The molecule has 9 heteroatoms. The van der Waals surface area contributed by atoms with E-state index in [1.165, 1.54) is 11.9 Å². The number of thiophene rings is 3. The summed E-state index contributed by atoms with van der Waals surface area (Å²) in [7, 11) is -2.18. The van der Waals surface area contributed by atoms with Crippen molar-refractivity contribution in [2.75, 3.05) is 20.1 Å². The largest absolute Gasteiger partial charge is 0.329 e. The number of likely N-dealkylation sites (N-methyl/N-ethyl adjacent to an activating group) is 1. The lowest BCUT2D eigenvalue weighted by atomic mass is 9.98. The maximum Gasteiger partial charge on any atom is 0.252 e. The van der Waals surface area contributed by atoms with Crippen molar-refractivity contribution in [3.8, 4) is 0 Å². The molecule has 1 atom stereocenters. The monoisotopic (exact) mass is 438 g/mol. The number of carbonyl (C=O) groups is 1. The van der Waals surface area contributed by atoms with Crippen LogP contribution in [-0.2, 0) is 21.2 Å². The Hall–Kier alpha value is -1.52. The highest BCUT2D eigenvalue weighted by molar-refractivity contribution is 7.91. The van der Waals surface area contributed by atoms with Crippen LogP contribution in [0.1, 0.15) is 21.4 Å². The molecule has 0 spiro atoms. The van der Waals surface area contributed by atoms with E-state index in [9.17, 15) is 13.2 Å². The van der Waals surface area contributed by atoms with E-state index >= 15 is 0 Å². The fourth-order valence-corrected chi connectivity index (χ4v) is 7.35. The maximum absolute atomic E-state index is 13.1. The molecular weight excluding hydrogens is 420 g/mol. The van der Waals surface area contributed by atoms with Crippen molar-refractivity contribution >= 4 is 49.9 Å². The Bertz CT molecular complexity index is 1020. The summed E-state index contributed by atoms with van der Waals surface area (Å²) in [5, 5.41) is 5.79. The number of hydrogen-bond acceptors (Lipinski definition) is 6.